The van der Waals surface area contributed by atoms with Crippen LogP contribution in [-0.2, 0) is 102 Å². The molecule has 0 radical (unpaired) electrons. The van der Waals surface area contributed by atoms with Gasteiger partial charge in [-0.1, -0.05) is 81.4 Å². The number of aliphatic carboxylic acids is 1. The van der Waals surface area contributed by atoms with Gasteiger partial charge in [0, 0.05) is 39.1 Å². The number of phenols is 1. The number of nitrogens with zero attached hydrogens (tertiary/aromatic N) is 5. The Labute approximate surface area is 812 Å². The van der Waals surface area contributed by atoms with E-state index in [0.717, 1.165) is 16.7 Å². The summed E-state index contributed by atoms with van der Waals surface area (Å²) in [5.74, 6) is -20.8. The monoisotopic (exact) mass is 1980 g/mol. The van der Waals surface area contributed by atoms with Crippen LogP contribution in [-0.4, -0.2) is 388 Å². The Balaban J connectivity index is 1.08. The van der Waals surface area contributed by atoms with Gasteiger partial charge < -0.3 is 151 Å². The number of carboxylic acid groups (broad SMARTS) is 1. The first kappa shape index (κ1) is 117. The summed E-state index contributed by atoms with van der Waals surface area (Å²) in [6.07, 6.45) is 0.0126. The van der Waals surface area contributed by atoms with Crippen LogP contribution in [0.3, 0.4) is 0 Å². The third kappa shape index (κ3) is 33.1. The van der Waals surface area contributed by atoms with Crippen molar-refractivity contribution in [1.82, 2.24) is 98.9 Å². The van der Waals surface area contributed by atoms with Crippen LogP contribution in [0.1, 0.15) is 185 Å². The maximum absolute atomic E-state index is 15.2. The van der Waals surface area contributed by atoms with Gasteiger partial charge in [0.15, 0.2) is 0 Å². The lowest BCUT2D eigenvalue weighted by atomic mass is 9.98. The topological polar surface area (TPSA) is 734 Å². The van der Waals surface area contributed by atoms with E-state index in [-0.39, 0.29) is 139 Å². The summed E-state index contributed by atoms with van der Waals surface area (Å²) >= 11 is 0. The Bertz CT molecular complexity index is 4510. The molecule has 0 bridgehead atoms. The van der Waals surface area contributed by atoms with Gasteiger partial charge in [-0.15, -0.1) is 0 Å². The van der Waals surface area contributed by atoms with Gasteiger partial charge in [0.1, 0.15) is 127 Å². The van der Waals surface area contributed by atoms with Crippen molar-refractivity contribution in [3.63, 3.8) is 0 Å². The van der Waals surface area contributed by atoms with E-state index in [1.807, 2.05) is 0 Å². The first-order valence-electron chi connectivity index (χ1n) is 47.8. The number of carbonyl (C=O) groups excluding carboxylic acids is 19. The fourth-order valence-corrected chi connectivity index (χ4v) is 17.3. The van der Waals surface area contributed by atoms with E-state index in [9.17, 15) is 137 Å². The molecular weight excluding hydrogens is 1840 g/mol. The van der Waals surface area contributed by atoms with Crippen LogP contribution in [0, 0.1) is 29.6 Å². The Hall–Kier alpha value is -11.9. The van der Waals surface area contributed by atoms with E-state index in [1.165, 1.54) is 52.8 Å². The van der Waals surface area contributed by atoms with Crippen LogP contribution in [0.25, 0.3) is 0 Å². The number of likely N-dealkylation sites (tertiary alicyclic amines) is 5. The van der Waals surface area contributed by atoms with Crippen LogP contribution in [0.4, 0.5) is 0 Å². The lowest BCUT2D eigenvalue weighted by Gasteiger charge is -2.32. The second-order valence-corrected chi connectivity index (χ2v) is 38.4. The molecule has 5 saturated heterocycles. The van der Waals surface area contributed by atoms with E-state index in [4.69, 9.17) is 5.73 Å². The summed E-state index contributed by atoms with van der Waals surface area (Å²) in [5, 5.41) is 127. The minimum Gasteiger partial charge on any atom is -0.508 e. The number of aromatic hydroxyl groups is 1. The van der Waals surface area contributed by atoms with Crippen molar-refractivity contribution in [2.24, 2.45) is 35.3 Å². The van der Waals surface area contributed by atoms with Crippen molar-refractivity contribution in [2.45, 2.75) is 313 Å². The van der Waals surface area contributed by atoms with Crippen LogP contribution in [0.5, 0.6) is 5.75 Å². The highest BCUT2D eigenvalue weighted by Crippen LogP contribution is 2.28. The molecule has 0 saturated carbocycles. The van der Waals surface area contributed by atoms with Crippen molar-refractivity contribution < 1.29 is 142 Å². The van der Waals surface area contributed by atoms with Crippen molar-refractivity contribution in [3.05, 3.63) is 29.8 Å². The molecular formula is C91H146N20O29. The van der Waals surface area contributed by atoms with E-state index in [0.29, 0.717) is 24.8 Å². The Morgan fingerprint density at radius 3 is 0.943 bits per heavy atom. The zero-order valence-electron chi connectivity index (χ0n) is 81.7. The second kappa shape index (κ2) is 55.3. The Morgan fingerprint density at radius 2 is 0.586 bits per heavy atom. The van der Waals surface area contributed by atoms with Crippen LogP contribution in [0.2, 0.25) is 0 Å². The zero-order valence-corrected chi connectivity index (χ0v) is 81.7. The first-order chi connectivity index (χ1) is 65.9. The molecule has 21 atom stereocenters. The molecule has 5 heterocycles. The minimum absolute atomic E-state index is 0.0101. The molecule has 1 aromatic carbocycles. The van der Waals surface area contributed by atoms with Gasteiger partial charge in [0.2, 0.25) is 112 Å². The molecule has 0 aromatic heterocycles. The number of benzene rings is 1. The summed E-state index contributed by atoms with van der Waals surface area (Å²) in [6, 6.07) is -23.9. The summed E-state index contributed by atoms with van der Waals surface area (Å²) in [7, 11) is 0. The lowest BCUT2D eigenvalue weighted by molar-refractivity contribution is -0.149. The standard InChI is InChI=1S/C91H146N20O29/c1-44(2)33-55(74(122)93-49(11)72(120)98-58(36-47(7)8)87(135)107-28-14-19-65(107)82(130)94-50(12)86(134)111-32-18-23-69(111)91(139)140)96-77(125)62(41-115)103-84(132)66-20-15-29-108(66)88(136)59(37-52-24-26-53(119)27-25-52)99-76(124)56(34-45(3)4)95-75(123)57(35-46(5)6)97-83(131)67-21-17-31-110(67)90(138)71(51(13)118)106-81(129)64(43-117)102-79(127)61(40-114)100-78(126)60(39-113)101-80(128)63(42-116)104-85(133)68-22-16-30-109(68)89(137)70(48(9)10)105-73(121)54(92)38-112/h24-27,44-51,54-71,112-119H,14-23,28-43,92H2,1-13H3,(H,93,122)(H,94,130)(H,95,123)(H,96,125)(H,97,131)(H,98,120)(H,99,124)(H,100,126)(H,101,128)(H,102,127)(H,103,132)(H,104,133)(H,105,121)(H,106,129)(H,139,140)/t49-,50-,51+,54-,55-,56-,57-,58-,59-,60-,61-,62-,63-,64-,65-,66-,67-,68-,69-,70-,71-/m0/s1. The highest BCUT2D eigenvalue weighted by Gasteiger charge is 2.48. The smallest absolute Gasteiger partial charge is 0.326 e. The zero-order chi connectivity index (χ0) is 105. The van der Waals surface area contributed by atoms with E-state index in [2.05, 4.69) is 74.4 Å². The number of hydrogen-bond acceptors (Lipinski definition) is 29. The van der Waals surface area contributed by atoms with Gasteiger partial charge in [-0.25, -0.2) is 4.79 Å². The molecule has 0 unspecified atom stereocenters. The number of nitrogens with one attached hydrogen (secondary N) is 14. The molecule has 5 fully saturated rings. The Kier molecular flexibility index (Phi) is 46.2. The molecule has 25 N–H and O–H groups in total. The molecule has 5 aliphatic rings. The molecule has 0 spiro atoms. The van der Waals surface area contributed by atoms with E-state index < -0.39 is 291 Å². The van der Waals surface area contributed by atoms with Crippen LogP contribution < -0.4 is 80.2 Å². The van der Waals surface area contributed by atoms with Crippen molar-refractivity contribution >= 4 is 118 Å². The third-order valence-corrected chi connectivity index (χ3v) is 24.9. The molecule has 140 heavy (non-hydrogen) atoms. The highest BCUT2D eigenvalue weighted by molar-refractivity contribution is 6.03. The van der Waals surface area contributed by atoms with Gasteiger partial charge in [0.05, 0.1) is 45.7 Å². The number of rotatable bonds is 52. The van der Waals surface area contributed by atoms with Crippen molar-refractivity contribution in [1.29, 1.82) is 0 Å². The quantitative estimate of drug-likeness (QED) is 0.0288. The summed E-state index contributed by atoms with van der Waals surface area (Å²) in [6.45, 7) is 14.8. The number of phenolic OH excluding ortho intramolecular Hbond substituents is 1. The molecule has 19 amide bonds. The van der Waals surface area contributed by atoms with E-state index in [1.54, 1.807) is 69.2 Å². The third-order valence-electron chi connectivity index (χ3n) is 24.9. The molecule has 1 aromatic rings. The van der Waals surface area contributed by atoms with Gasteiger partial charge in [-0.2, -0.15) is 0 Å². The summed E-state index contributed by atoms with van der Waals surface area (Å²) in [5.41, 5.74) is 6.03. The molecule has 0 aliphatic carbocycles. The predicted octanol–water partition coefficient (Wildman–Crippen LogP) is -8.70. The average molecular weight is 1980 g/mol. The lowest BCUT2D eigenvalue weighted by Crippen LogP contribution is -2.63. The fraction of sp³-hybridized carbons (Fsp3) is 0.714. The maximum Gasteiger partial charge on any atom is 0.326 e. The van der Waals surface area contributed by atoms with Gasteiger partial charge in [0.25, 0.3) is 0 Å². The number of hydrogen-bond donors (Lipinski definition) is 24. The number of carboxylic acids is 1. The number of nitrogens with two attached hydrogens (primary N) is 1. The minimum atomic E-state index is -2.01. The van der Waals surface area contributed by atoms with Crippen LogP contribution in [0.15, 0.2) is 24.3 Å². The molecule has 49 nitrogen and oxygen atoms in total. The summed E-state index contributed by atoms with van der Waals surface area (Å²) in [4.78, 5) is 285. The van der Waals surface area contributed by atoms with E-state index >= 15 is 4.79 Å². The van der Waals surface area contributed by atoms with Crippen molar-refractivity contribution in [3.8, 4) is 5.75 Å². The molecule has 6 rings (SSSR count). The number of aliphatic hydroxyl groups is 7. The summed E-state index contributed by atoms with van der Waals surface area (Å²) < 4.78 is 0. The fourth-order valence-electron chi connectivity index (χ4n) is 17.3. The first-order valence-corrected chi connectivity index (χ1v) is 47.8. The van der Waals surface area contributed by atoms with Gasteiger partial charge in [-0.05, 0) is 158 Å². The van der Waals surface area contributed by atoms with Crippen molar-refractivity contribution in [2.75, 3.05) is 72.4 Å². The number of carbonyl (C=O) groups is 20. The largest absolute Gasteiger partial charge is 0.508 e. The normalized spacial score (nSPS) is 20.4. The second-order valence-electron chi connectivity index (χ2n) is 38.4. The SMILES string of the molecule is CC(C)C[C@H](NC(=O)[C@H](CO)NC(=O)[C@@H]1CCCN1C(=O)[C@H](Cc1ccc(O)cc1)NC(=O)[C@H](CC(C)C)NC(=O)[C@H](CC(C)C)NC(=O)[C@@H]1CCCN1C(=O)[C@@H](NC(=O)[C@H](CO)NC(=O)[C@H](CO)NC(=O)[C@H](CO)NC(=O)[C@H](CO)NC(=O)[C@@H]1CCCN1C(=O)[C@@H](NC(=O)[C@@H](N)CO)C(C)C)[C@@H](C)O)C(=O)N[C@@H](C)C(=O)N[C@@H](CC(C)C)C(=O)N1CCC[C@H]1C(=O)N[C@@H](C)C(=O)N1CCC[C@H]1C(=O)O. The molecule has 784 valence electrons. The van der Waals surface area contributed by atoms with Crippen LogP contribution >= 0.6 is 0 Å². The Morgan fingerprint density at radius 1 is 0.307 bits per heavy atom. The maximum atomic E-state index is 15.2. The average Bonchev–Trinajstić information content (AvgIpc) is 1.66. The molecule has 5 aliphatic heterocycles. The number of aliphatic hydroxyl groups excluding tert-OH is 7. The predicted molar refractivity (Wildman–Crippen MR) is 496 cm³/mol. The highest BCUT2D eigenvalue weighted by atomic mass is 16.4. The van der Waals surface area contributed by atoms with Gasteiger partial charge >= 0.3 is 5.97 Å². The van der Waals surface area contributed by atoms with Gasteiger partial charge in [-0.3, -0.25) is 91.1 Å². The number of amides is 19. The molecule has 49 heteroatoms.